The number of aromatic nitrogens is 2. The Bertz CT molecular complexity index is 365. The van der Waals surface area contributed by atoms with Gasteiger partial charge >= 0.3 is 6.09 Å². The van der Waals surface area contributed by atoms with Crippen LogP contribution < -0.4 is 5.73 Å². The zero-order valence-corrected chi connectivity index (χ0v) is 8.09. The fourth-order valence-electron chi connectivity index (χ4n) is 1.74. The van der Waals surface area contributed by atoms with Gasteiger partial charge in [0.1, 0.15) is 6.04 Å². The van der Waals surface area contributed by atoms with Crippen molar-refractivity contribution in [2.24, 2.45) is 5.73 Å². The molecule has 82 valence electrons. The highest BCUT2D eigenvalue weighted by molar-refractivity contribution is 5.65. The first-order valence-corrected chi connectivity index (χ1v) is 4.74. The van der Waals surface area contributed by atoms with Crippen molar-refractivity contribution in [3.63, 3.8) is 0 Å². The Labute approximate surface area is 85.9 Å². The predicted molar refractivity (Wildman–Crippen MR) is 48.9 cm³/mol. The highest BCUT2D eigenvalue weighted by atomic mass is 16.5. The number of rotatable bonds is 2. The van der Waals surface area contributed by atoms with E-state index in [4.69, 9.17) is 15.4 Å². The van der Waals surface area contributed by atoms with E-state index in [1.807, 2.05) is 0 Å². The number of nitrogens with zero attached hydrogens (tertiary/aromatic N) is 3. The number of carboxylic acid groups (broad SMARTS) is 1. The second kappa shape index (κ2) is 3.85. The van der Waals surface area contributed by atoms with Crippen LogP contribution in [0.3, 0.4) is 0 Å². The summed E-state index contributed by atoms with van der Waals surface area (Å²) >= 11 is 0. The van der Waals surface area contributed by atoms with Crippen molar-refractivity contribution in [1.82, 2.24) is 15.0 Å². The van der Waals surface area contributed by atoms with E-state index < -0.39 is 6.09 Å². The maximum Gasteiger partial charge on any atom is 0.407 e. The van der Waals surface area contributed by atoms with Crippen molar-refractivity contribution >= 4 is 6.09 Å². The van der Waals surface area contributed by atoms with Gasteiger partial charge in [-0.15, -0.1) is 0 Å². The van der Waals surface area contributed by atoms with Crippen LogP contribution in [0.4, 0.5) is 4.79 Å². The average molecular weight is 212 g/mol. The molecule has 1 aromatic rings. The van der Waals surface area contributed by atoms with Gasteiger partial charge in [-0.05, 0) is 12.8 Å². The molecular weight excluding hydrogens is 200 g/mol. The molecule has 0 unspecified atom stereocenters. The van der Waals surface area contributed by atoms with Gasteiger partial charge in [0.15, 0.2) is 5.82 Å². The third-order valence-corrected chi connectivity index (χ3v) is 2.45. The number of amides is 1. The Balaban J connectivity index is 2.18. The molecule has 2 heterocycles. The molecular formula is C8H12N4O3. The molecule has 1 amide bonds. The third-order valence-electron chi connectivity index (χ3n) is 2.45. The average Bonchev–Trinajstić information content (AvgIpc) is 2.85. The summed E-state index contributed by atoms with van der Waals surface area (Å²) in [5.74, 6) is 0.748. The maximum absolute atomic E-state index is 10.9. The van der Waals surface area contributed by atoms with Gasteiger partial charge in [-0.2, -0.15) is 4.98 Å². The number of carbonyl (C=O) groups is 1. The second-order valence-corrected chi connectivity index (χ2v) is 3.39. The summed E-state index contributed by atoms with van der Waals surface area (Å²) in [6.07, 6.45) is 0.584. The van der Waals surface area contributed by atoms with Crippen molar-refractivity contribution in [3.8, 4) is 0 Å². The largest absolute Gasteiger partial charge is 0.465 e. The maximum atomic E-state index is 10.9. The summed E-state index contributed by atoms with van der Waals surface area (Å²) in [7, 11) is 0. The van der Waals surface area contributed by atoms with Crippen LogP contribution in [0, 0.1) is 0 Å². The van der Waals surface area contributed by atoms with Crippen molar-refractivity contribution in [2.75, 3.05) is 6.54 Å². The van der Waals surface area contributed by atoms with Crippen molar-refractivity contribution in [1.29, 1.82) is 0 Å². The molecule has 1 fully saturated rings. The number of likely N-dealkylation sites (tertiary alicyclic amines) is 1. The smallest absolute Gasteiger partial charge is 0.407 e. The van der Waals surface area contributed by atoms with E-state index in [2.05, 4.69) is 10.1 Å². The molecule has 0 aromatic carbocycles. The number of hydrogen-bond acceptors (Lipinski definition) is 5. The van der Waals surface area contributed by atoms with Gasteiger partial charge in [0, 0.05) is 6.54 Å². The van der Waals surface area contributed by atoms with Crippen molar-refractivity contribution in [3.05, 3.63) is 11.7 Å². The van der Waals surface area contributed by atoms with E-state index in [0.29, 0.717) is 18.3 Å². The molecule has 7 heteroatoms. The van der Waals surface area contributed by atoms with Gasteiger partial charge in [0.25, 0.3) is 0 Å². The highest BCUT2D eigenvalue weighted by Gasteiger charge is 2.33. The normalized spacial score (nSPS) is 20.9. The second-order valence-electron chi connectivity index (χ2n) is 3.39. The Morgan fingerprint density at radius 2 is 2.53 bits per heavy atom. The lowest BCUT2D eigenvalue weighted by Gasteiger charge is -2.17. The van der Waals surface area contributed by atoms with E-state index in [0.717, 1.165) is 12.8 Å². The molecule has 0 saturated carbocycles. The summed E-state index contributed by atoms with van der Waals surface area (Å²) in [5.41, 5.74) is 5.34. The lowest BCUT2D eigenvalue weighted by atomic mass is 10.2. The quantitative estimate of drug-likeness (QED) is 0.732. The number of hydrogen-bond donors (Lipinski definition) is 2. The molecule has 0 radical (unpaired) electrons. The molecule has 7 nitrogen and oxygen atoms in total. The van der Waals surface area contributed by atoms with E-state index in [9.17, 15) is 4.79 Å². The first-order chi connectivity index (χ1) is 7.22. The summed E-state index contributed by atoms with van der Waals surface area (Å²) < 4.78 is 4.97. The minimum atomic E-state index is -0.954. The fourth-order valence-corrected chi connectivity index (χ4v) is 1.74. The Morgan fingerprint density at radius 1 is 1.73 bits per heavy atom. The van der Waals surface area contributed by atoms with Crippen LogP contribution >= 0.6 is 0 Å². The minimum Gasteiger partial charge on any atom is -0.465 e. The first-order valence-electron chi connectivity index (χ1n) is 4.74. The Morgan fingerprint density at radius 3 is 3.13 bits per heavy atom. The molecule has 3 N–H and O–H groups in total. The molecule has 2 rings (SSSR count). The van der Waals surface area contributed by atoms with Gasteiger partial charge < -0.3 is 15.4 Å². The zero-order chi connectivity index (χ0) is 10.8. The molecule has 15 heavy (non-hydrogen) atoms. The molecule has 1 aromatic heterocycles. The Kier molecular flexibility index (Phi) is 2.55. The molecule has 1 saturated heterocycles. The lowest BCUT2D eigenvalue weighted by Crippen LogP contribution is -2.28. The topological polar surface area (TPSA) is 105 Å². The van der Waals surface area contributed by atoms with Crippen LogP contribution in [-0.4, -0.2) is 32.8 Å². The molecule has 1 aliphatic heterocycles. The fraction of sp³-hybridized carbons (Fsp3) is 0.625. The molecule has 0 aliphatic carbocycles. The first kappa shape index (κ1) is 9.91. The number of nitrogens with two attached hydrogens (primary N) is 1. The predicted octanol–water partition coefficient (Wildman–Crippen LogP) is 0.343. The summed E-state index contributed by atoms with van der Waals surface area (Å²) in [5, 5.41) is 12.6. The zero-order valence-electron chi connectivity index (χ0n) is 8.09. The standard InChI is InChI=1S/C8H12N4O3/c9-4-6-10-7(15-11-6)5-2-1-3-12(5)8(13)14/h5H,1-4,9H2,(H,13,14)/t5-/m1/s1. The molecule has 1 aliphatic rings. The SMILES string of the molecule is NCc1noc([C@H]2CCCN2C(=O)O)n1. The van der Waals surface area contributed by atoms with Gasteiger partial charge in [-0.25, -0.2) is 4.79 Å². The van der Waals surface area contributed by atoms with Gasteiger partial charge in [0.2, 0.25) is 5.89 Å². The van der Waals surface area contributed by atoms with Crippen molar-refractivity contribution in [2.45, 2.75) is 25.4 Å². The van der Waals surface area contributed by atoms with Crippen LogP contribution in [0.15, 0.2) is 4.52 Å². The van der Waals surface area contributed by atoms with Crippen molar-refractivity contribution < 1.29 is 14.4 Å². The monoisotopic (exact) mass is 212 g/mol. The molecule has 0 bridgehead atoms. The summed E-state index contributed by atoms with van der Waals surface area (Å²) in [4.78, 5) is 16.2. The van der Waals surface area contributed by atoms with Gasteiger partial charge in [-0.3, -0.25) is 4.90 Å². The minimum absolute atomic E-state index is 0.198. The van der Waals surface area contributed by atoms with Gasteiger partial charge in [0.05, 0.1) is 6.54 Å². The summed E-state index contributed by atoms with van der Waals surface area (Å²) in [6, 6.07) is -0.310. The van der Waals surface area contributed by atoms with Crippen LogP contribution in [-0.2, 0) is 6.54 Å². The van der Waals surface area contributed by atoms with E-state index >= 15 is 0 Å². The lowest BCUT2D eigenvalue weighted by molar-refractivity contribution is 0.131. The van der Waals surface area contributed by atoms with Crippen LogP contribution in [0.2, 0.25) is 0 Å². The molecule has 0 spiro atoms. The molecule has 1 atom stereocenters. The van der Waals surface area contributed by atoms with Crippen LogP contribution in [0.25, 0.3) is 0 Å². The van der Waals surface area contributed by atoms with Crippen LogP contribution in [0.5, 0.6) is 0 Å². The van der Waals surface area contributed by atoms with E-state index in [-0.39, 0.29) is 12.6 Å². The van der Waals surface area contributed by atoms with E-state index in [1.165, 1.54) is 4.90 Å². The van der Waals surface area contributed by atoms with Crippen LogP contribution in [0.1, 0.15) is 30.6 Å². The van der Waals surface area contributed by atoms with Gasteiger partial charge in [-0.1, -0.05) is 5.16 Å². The third kappa shape index (κ3) is 1.78. The highest BCUT2D eigenvalue weighted by Crippen LogP contribution is 2.30. The van der Waals surface area contributed by atoms with E-state index in [1.54, 1.807) is 0 Å². The Hall–Kier alpha value is -1.63. The summed E-state index contributed by atoms with van der Waals surface area (Å²) in [6.45, 7) is 0.712.